The van der Waals surface area contributed by atoms with Crippen molar-refractivity contribution in [1.82, 2.24) is 9.80 Å². The first-order valence-corrected chi connectivity index (χ1v) is 11.0. The lowest BCUT2D eigenvalue weighted by Gasteiger charge is -2.57. The molecule has 6 heteroatoms. The van der Waals surface area contributed by atoms with Gasteiger partial charge in [0.05, 0.1) is 6.61 Å². The zero-order chi connectivity index (χ0) is 21.8. The average molecular weight is 424 g/mol. The fourth-order valence-electron chi connectivity index (χ4n) is 4.88. The molecule has 2 aliphatic rings. The molecule has 2 N–H and O–H groups in total. The summed E-state index contributed by atoms with van der Waals surface area (Å²) in [6.45, 7) is 4.34. The number of benzene rings is 2. The summed E-state index contributed by atoms with van der Waals surface area (Å²) in [6.07, 6.45) is 5.99. The van der Waals surface area contributed by atoms with E-state index >= 15 is 0 Å². The van der Waals surface area contributed by atoms with Crippen molar-refractivity contribution in [1.29, 1.82) is 0 Å². The lowest BCUT2D eigenvalue weighted by atomic mass is 9.74. The summed E-state index contributed by atoms with van der Waals surface area (Å²) in [4.78, 5) is 17.2. The molecule has 0 aromatic heterocycles. The van der Waals surface area contributed by atoms with Crippen molar-refractivity contribution in [3.63, 3.8) is 0 Å². The van der Waals surface area contributed by atoms with Crippen molar-refractivity contribution in [3.8, 4) is 0 Å². The van der Waals surface area contributed by atoms with Gasteiger partial charge in [-0.3, -0.25) is 4.90 Å². The van der Waals surface area contributed by atoms with Gasteiger partial charge in [0.25, 0.3) is 0 Å². The number of allylic oxidation sites excluding steroid dienone is 1. The highest BCUT2D eigenvalue weighted by molar-refractivity contribution is 5.89. The molecular formula is C25H30FN3O2. The van der Waals surface area contributed by atoms with Gasteiger partial charge >= 0.3 is 6.03 Å². The molecule has 4 rings (SSSR count). The van der Waals surface area contributed by atoms with E-state index in [0.717, 1.165) is 24.9 Å². The normalized spacial score (nSPS) is 24.2. The molecule has 2 heterocycles. The van der Waals surface area contributed by atoms with Crippen molar-refractivity contribution < 1.29 is 14.3 Å². The fraction of sp³-hybridized carbons (Fsp3) is 0.400. The SMILES string of the molecule is C/C=C/c1ccc([C@H]2[C@H](CO)N3CCCCN(C(=O)Nc4ccc(F)cc4)C[C@@H]23)cc1. The highest BCUT2D eigenvalue weighted by atomic mass is 19.1. The molecule has 0 aliphatic carbocycles. The van der Waals surface area contributed by atoms with Crippen LogP contribution in [0.2, 0.25) is 0 Å². The standard InChI is InChI=1S/C25H30FN3O2/c1-2-5-18-6-8-19(9-7-18)24-22-16-28(14-3-4-15-29(22)23(24)17-30)25(31)27-21-12-10-20(26)11-13-21/h2,5-13,22-24,30H,3-4,14-17H2,1H3,(H,27,31)/b5-2+/t22-,23-,24+/m0/s1. The number of rotatable bonds is 4. The van der Waals surface area contributed by atoms with E-state index in [1.807, 2.05) is 17.9 Å². The number of nitrogens with one attached hydrogen (secondary N) is 1. The molecule has 164 valence electrons. The van der Waals surface area contributed by atoms with Gasteiger partial charge in [0.2, 0.25) is 0 Å². The summed E-state index contributed by atoms with van der Waals surface area (Å²) in [7, 11) is 0. The van der Waals surface area contributed by atoms with Crippen LogP contribution in [0.25, 0.3) is 6.08 Å². The third-order valence-corrected chi connectivity index (χ3v) is 6.43. The number of hydrogen-bond acceptors (Lipinski definition) is 3. The van der Waals surface area contributed by atoms with E-state index < -0.39 is 0 Å². The van der Waals surface area contributed by atoms with Gasteiger partial charge in [-0.25, -0.2) is 9.18 Å². The number of carbonyl (C=O) groups is 1. The third kappa shape index (κ3) is 4.65. The Morgan fingerprint density at radius 3 is 2.52 bits per heavy atom. The number of fused-ring (bicyclic) bond motifs is 1. The Balaban J connectivity index is 1.51. The molecule has 2 aliphatic heterocycles. The van der Waals surface area contributed by atoms with Gasteiger partial charge in [0.1, 0.15) is 5.82 Å². The Morgan fingerprint density at radius 1 is 1.13 bits per heavy atom. The topological polar surface area (TPSA) is 55.8 Å². The highest BCUT2D eigenvalue weighted by Gasteiger charge is 2.49. The van der Waals surface area contributed by atoms with Crippen LogP contribution < -0.4 is 5.32 Å². The molecule has 0 spiro atoms. The minimum atomic E-state index is -0.326. The number of aliphatic hydroxyl groups is 1. The van der Waals surface area contributed by atoms with Gasteiger partial charge < -0.3 is 15.3 Å². The molecule has 0 unspecified atom stereocenters. The predicted octanol–water partition coefficient (Wildman–Crippen LogP) is 4.32. The van der Waals surface area contributed by atoms with Crippen LogP contribution in [0.4, 0.5) is 14.9 Å². The third-order valence-electron chi connectivity index (χ3n) is 6.43. The van der Waals surface area contributed by atoms with E-state index in [9.17, 15) is 14.3 Å². The Morgan fingerprint density at radius 2 is 1.84 bits per heavy atom. The molecule has 0 bridgehead atoms. The molecule has 0 saturated carbocycles. The molecule has 2 fully saturated rings. The molecule has 0 radical (unpaired) electrons. The summed E-state index contributed by atoms with van der Waals surface area (Å²) in [5.41, 5.74) is 2.94. The van der Waals surface area contributed by atoms with Gasteiger partial charge in [0, 0.05) is 36.8 Å². The zero-order valence-corrected chi connectivity index (χ0v) is 17.9. The Bertz CT molecular complexity index is 913. The summed E-state index contributed by atoms with van der Waals surface area (Å²) in [5, 5.41) is 13.0. The van der Waals surface area contributed by atoms with Gasteiger partial charge in [-0.05, 0) is 61.7 Å². The van der Waals surface area contributed by atoms with Gasteiger partial charge in [0.15, 0.2) is 0 Å². The summed E-state index contributed by atoms with van der Waals surface area (Å²) in [6, 6.07) is 14.4. The van der Waals surface area contributed by atoms with Crippen LogP contribution in [0, 0.1) is 5.82 Å². The van der Waals surface area contributed by atoms with Crippen LogP contribution in [0.3, 0.4) is 0 Å². The van der Waals surface area contributed by atoms with Crippen molar-refractivity contribution >= 4 is 17.8 Å². The average Bonchev–Trinajstić information content (AvgIpc) is 2.75. The lowest BCUT2D eigenvalue weighted by Crippen LogP contribution is -2.68. The maximum absolute atomic E-state index is 13.2. The monoisotopic (exact) mass is 423 g/mol. The molecule has 2 saturated heterocycles. The largest absolute Gasteiger partial charge is 0.395 e. The van der Waals surface area contributed by atoms with Crippen molar-refractivity contribution in [2.45, 2.75) is 37.8 Å². The van der Waals surface area contributed by atoms with Crippen LogP contribution >= 0.6 is 0 Å². The van der Waals surface area contributed by atoms with E-state index in [1.165, 1.54) is 17.7 Å². The van der Waals surface area contributed by atoms with E-state index in [-0.39, 0.29) is 36.5 Å². The number of amides is 2. The second-order valence-corrected chi connectivity index (χ2v) is 8.34. The van der Waals surface area contributed by atoms with Crippen molar-refractivity contribution in [2.24, 2.45) is 0 Å². The first kappa shape index (κ1) is 21.5. The fourth-order valence-corrected chi connectivity index (χ4v) is 4.88. The molecule has 2 aromatic rings. The Hall–Kier alpha value is -2.70. The first-order chi connectivity index (χ1) is 15.1. The van der Waals surface area contributed by atoms with Crippen LogP contribution in [0.5, 0.6) is 0 Å². The number of urea groups is 1. The number of anilines is 1. The Labute approximate surface area is 183 Å². The summed E-state index contributed by atoms with van der Waals surface area (Å²) in [5.74, 6) is -0.142. The quantitative estimate of drug-likeness (QED) is 0.770. The second-order valence-electron chi connectivity index (χ2n) is 8.34. The van der Waals surface area contributed by atoms with E-state index in [1.54, 1.807) is 12.1 Å². The number of carbonyl (C=O) groups excluding carboxylic acids is 1. The number of nitrogens with zero attached hydrogens (tertiary/aromatic N) is 2. The lowest BCUT2D eigenvalue weighted by molar-refractivity contribution is -0.0585. The Kier molecular flexibility index (Phi) is 6.68. The summed E-state index contributed by atoms with van der Waals surface area (Å²) < 4.78 is 13.2. The molecule has 2 amide bonds. The predicted molar refractivity (Wildman–Crippen MR) is 121 cm³/mol. The highest BCUT2D eigenvalue weighted by Crippen LogP contribution is 2.42. The number of halogens is 1. The van der Waals surface area contributed by atoms with E-state index in [4.69, 9.17) is 0 Å². The van der Waals surface area contributed by atoms with Crippen LogP contribution in [0.1, 0.15) is 36.8 Å². The van der Waals surface area contributed by atoms with Crippen molar-refractivity contribution in [3.05, 3.63) is 71.6 Å². The minimum Gasteiger partial charge on any atom is -0.395 e. The maximum atomic E-state index is 13.2. The van der Waals surface area contributed by atoms with Gasteiger partial charge in [-0.2, -0.15) is 0 Å². The number of hydrogen-bond donors (Lipinski definition) is 2. The van der Waals surface area contributed by atoms with Gasteiger partial charge in [-0.15, -0.1) is 0 Å². The van der Waals surface area contributed by atoms with Crippen LogP contribution in [-0.4, -0.2) is 59.3 Å². The molecule has 31 heavy (non-hydrogen) atoms. The van der Waals surface area contributed by atoms with E-state index in [0.29, 0.717) is 18.8 Å². The molecule has 3 atom stereocenters. The number of aliphatic hydroxyl groups excluding tert-OH is 1. The minimum absolute atomic E-state index is 0.0812. The molecule has 5 nitrogen and oxygen atoms in total. The van der Waals surface area contributed by atoms with E-state index in [2.05, 4.69) is 40.6 Å². The maximum Gasteiger partial charge on any atom is 0.321 e. The van der Waals surface area contributed by atoms with Crippen molar-refractivity contribution in [2.75, 3.05) is 31.6 Å². The van der Waals surface area contributed by atoms with Crippen LogP contribution in [0.15, 0.2) is 54.6 Å². The first-order valence-electron chi connectivity index (χ1n) is 11.0. The van der Waals surface area contributed by atoms with Gasteiger partial charge in [-0.1, -0.05) is 36.4 Å². The molecule has 2 aromatic carbocycles. The second kappa shape index (κ2) is 9.62. The smallest absolute Gasteiger partial charge is 0.321 e. The summed E-state index contributed by atoms with van der Waals surface area (Å²) >= 11 is 0. The van der Waals surface area contributed by atoms with Crippen LogP contribution in [-0.2, 0) is 0 Å². The molecular weight excluding hydrogens is 393 g/mol. The zero-order valence-electron chi connectivity index (χ0n) is 17.9.